The predicted molar refractivity (Wildman–Crippen MR) is 112 cm³/mol. The van der Waals surface area contributed by atoms with Crippen molar-refractivity contribution in [2.75, 3.05) is 26.7 Å². The van der Waals surface area contributed by atoms with Gasteiger partial charge in [-0.3, -0.25) is 4.79 Å². The standard InChI is InChI=1S/C22H25N3O4S/c1-29-21-5-3-2-4-18(21)10-13-24-22(26)19-11-14-25(15-12-19)30(27,28)20-8-6-17(16-23)7-9-20/h2-9,19H,10-15H2,1H3,(H,24,26). The number of sulfonamides is 1. The number of amides is 1. The van der Waals surface area contributed by atoms with Crippen LogP contribution in [0.25, 0.3) is 0 Å². The molecule has 30 heavy (non-hydrogen) atoms. The summed E-state index contributed by atoms with van der Waals surface area (Å²) in [7, 11) is -2.00. The Bertz CT molecular complexity index is 1020. The second-order valence-corrected chi connectivity index (χ2v) is 9.11. The first-order valence-electron chi connectivity index (χ1n) is 9.85. The van der Waals surface area contributed by atoms with Crippen molar-refractivity contribution in [3.05, 3.63) is 59.7 Å². The molecular formula is C22H25N3O4S. The summed E-state index contributed by atoms with van der Waals surface area (Å²) in [6, 6.07) is 15.6. The van der Waals surface area contributed by atoms with Crippen LogP contribution in [0, 0.1) is 17.2 Å². The number of hydrogen-bond donors (Lipinski definition) is 1. The van der Waals surface area contributed by atoms with Crippen LogP contribution in [-0.4, -0.2) is 45.4 Å². The Balaban J connectivity index is 1.50. The van der Waals surface area contributed by atoms with Gasteiger partial charge in [0.05, 0.1) is 23.6 Å². The SMILES string of the molecule is COc1ccccc1CCNC(=O)C1CCN(S(=O)(=O)c2ccc(C#N)cc2)CC1. The van der Waals surface area contributed by atoms with Gasteiger partial charge >= 0.3 is 0 Å². The lowest BCUT2D eigenvalue weighted by Crippen LogP contribution is -2.43. The van der Waals surface area contributed by atoms with Crippen molar-refractivity contribution in [1.82, 2.24) is 9.62 Å². The van der Waals surface area contributed by atoms with Gasteiger partial charge in [-0.15, -0.1) is 0 Å². The van der Waals surface area contributed by atoms with Gasteiger partial charge in [-0.25, -0.2) is 8.42 Å². The molecule has 0 aromatic heterocycles. The monoisotopic (exact) mass is 427 g/mol. The Kier molecular flexibility index (Phi) is 7.08. The van der Waals surface area contributed by atoms with E-state index in [9.17, 15) is 13.2 Å². The highest BCUT2D eigenvalue weighted by Gasteiger charge is 2.32. The first-order valence-corrected chi connectivity index (χ1v) is 11.3. The summed E-state index contributed by atoms with van der Waals surface area (Å²) in [6.07, 6.45) is 1.63. The summed E-state index contributed by atoms with van der Waals surface area (Å²) < 4.78 is 32.3. The summed E-state index contributed by atoms with van der Waals surface area (Å²) in [5.41, 5.74) is 1.45. The lowest BCUT2D eigenvalue weighted by atomic mass is 9.97. The van der Waals surface area contributed by atoms with Crippen LogP contribution >= 0.6 is 0 Å². The summed E-state index contributed by atoms with van der Waals surface area (Å²) in [5, 5.41) is 11.8. The predicted octanol–water partition coefficient (Wildman–Crippen LogP) is 2.33. The van der Waals surface area contributed by atoms with Crippen LogP contribution in [0.5, 0.6) is 5.75 Å². The molecule has 1 saturated heterocycles. The third kappa shape index (κ3) is 4.99. The number of methoxy groups -OCH3 is 1. The second kappa shape index (κ2) is 9.74. The Morgan fingerprint density at radius 1 is 1.17 bits per heavy atom. The van der Waals surface area contributed by atoms with Gasteiger partial charge in [-0.1, -0.05) is 18.2 Å². The molecule has 8 heteroatoms. The minimum atomic E-state index is -3.62. The number of nitriles is 1. The normalized spacial score (nSPS) is 15.3. The number of piperidine rings is 1. The van der Waals surface area contributed by atoms with Crippen LogP contribution in [0.1, 0.15) is 24.0 Å². The van der Waals surface area contributed by atoms with Crippen LogP contribution < -0.4 is 10.1 Å². The van der Waals surface area contributed by atoms with Crippen molar-refractivity contribution in [2.45, 2.75) is 24.2 Å². The maximum absolute atomic E-state index is 12.8. The van der Waals surface area contributed by atoms with E-state index in [1.807, 2.05) is 30.3 Å². The molecule has 0 saturated carbocycles. The molecule has 0 atom stereocenters. The fourth-order valence-corrected chi connectivity index (χ4v) is 5.05. The summed E-state index contributed by atoms with van der Waals surface area (Å²) >= 11 is 0. The quantitative estimate of drug-likeness (QED) is 0.731. The molecular weight excluding hydrogens is 402 g/mol. The van der Waals surface area contributed by atoms with E-state index in [4.69, 9.17) is 10.00 Å². The number of carbonyl (C=O) groups excluding carboxylic acids is 1. The minimum Gasteiger partial charge on any atom is -0.496 e. The number of para-hydroxylation sites is 1. The Hall–Kier alpha value is -2.89. The highest BCUT2D eigenvalue weighted by Crippen LogP contribution is 2.24. The van der Waals surface area contributed by atoms with Crippen molar-refractivity contribution in [1.29, 1.82) is 5.26 Å². The summed E-state index contributed by atoms with van der Waals surface area (Å²) in [5.74, 6) is 0.559. The van der Waals surface area contributed by atoms with E-state index in [0.717, 1.165) is 11.3 Å². The van der Waals surface area contributed by atoms with Crippen LogP contribution in [0.15, 0.2) is 53.4 Å². The number of hydrogen-bond acceptors (Lipinski definition) is 5. The Morgan fingerprint density at radius 2 is 1.83 bits per heavy atom. The highest BCUT2D eigenvalue weighted by atomic mass is 32.2. The molecule has 1 heterocycles. The molecule has 0 unspecified atom stereocenters. The summed E-state index contributed by atoms with van der Waals surface area (Å²) in [4.78, 5) is 12.7. The average molecular weight is 428 g/mol. The molecule has 0 bridgehead atoms. The lowest BCUT2D eigenvalue weighted by Gasteiger charge is -2.30. The van der Waals surface area contributed by atoms with Gasteiger partial charge in [-0.05, 0) is 55.2 Å². The van der Waals surface area contributed by atoms with Gasteiger partial charge in [0.15, 0.2) is 0 Å². The zero-order chi connectivity index (χ0) is 21.6. The van der Waals surface area contributed by atoms with Crippen molar-refractivity contribution in [2.24, 2.45) is 5.92 Å². The van der Waals surface area contributed by atoms with Crippen LogP contribution in [0.4, 0.5) is 0 Å². The Morgan fingerprint density at radius 3 is 2.47 bits per heavy atom. The number of rotatable bonds is 7. The number of ether oxygens (including phenoxy) is 1. The van der Waals surface area contributed by atoms with Gasteiger partial charge in [0.25, 0.3) is 0 Å². The largest absolute Gasteiger partial charge is 0.496 e. The van der Waals surface area contributed by atoms with E-state index in [2.05, 4.69) is 5.32 Å². The van der Waals surface area contributed by atoms with E-state index < -0.39 is 10.0 Å². The molecule has 0 aliphatic carbocycles. The molecule has 1 N–H and O–H groups in total. The highest BCUT2D eigenvalue weighted by molar-refractivity contribution is 7.89. The third-order valence-electron chi connectivity index (χ3n) is 5.33. The molecule has 0 radical (unpaired) electrons. The van der Waals surface area contributed by atoms with Gasteiger partial charge in [0, 0.05) is 25.6 Å². The van der Waals surface area contributed by atoms with Crippen molar-refractivity contribution in [3.63, 3.8) is 0 Å². The number of nitrogens with zero attached hydrogens (tertiary/aromatic N) is 2. The van der Waals surface area contributed by atoms with Crippen LogP contribution in [-0.2, 0) is 21.2 Å². The van der Waals surface area contributed by atoms with Gasteiger partial charge in [0.1, 0.15) is 5.75 Å². The first-order chi connectivity index (χ1) is 14.5. The number of carbonyl (C=O) groups is 1. The fraction of sp³-hybridized carbons (Fsp3) is 0.364. The smallest absolute Gasteiger partial charge is 0.243 e. The van der Waals surface area contributed by atoms with Crippen LogP contribution in [0.3, 0.4) is 0 Å². The molecule has 2 aromatic carbocycles. The van der Waals surface area contributed by atoms with E-state index in [1.165, 1.54) is 28.6 Å². The van der Waals surface area contributed by atoms with Crippen molar-refractivity contribution in [3.8, 4) is 11.8 Å². The van der Waals surface area contributed by atoms with Gasteiger partial charge in [0.2, 0.25) is 15.9 Å². The number of benzene rings is 2. The molecule has 3 rings (SSSR count). The molecule has 7 nitrogen and oxygen atoms in total. The summed E-state index contributed by atoms with van der Waals surface area (Å²) in [6.45, 7) is 1.10. The van der Waals surface area contributed by atoms with Crippen molar-refractivity contribution >= 4 is 15.9 Å². The molecule has 1 aliphatic heterocycles. The van der Waals surface area contributed by atoms with E-state index in [1.54, 1.807) is 7.11 Å². The molecule has 1 aliphatic rings. The van der Waals surface area contributed by atoms with Gasteiger partial charge in [-0.2, -0.15) is 9.57 Å². The van der Waals surface area contributed by atoms with Gasteiger partial charge < -0.3 is 10.1 Å². The van der Waals surface area contributed by atoms with Crippen molar-refractivity contribution < 1.29 is 17.9 Å². The zero-order valence-electron chi connectivity index (χ0n) is 16.9. The van der Waals surface area contributed by atoms with E-state index in [0.29, 0.717) is 44.5 Å². The average Bonchev–Trinajstić information content (AvgIpc) is 2.79. The minimum absolute atomic E-state index is 0.0414. The molecule has 1 amide bonds. The lowest BCUT2D eigenvalue weighted by molar-refractivity contribution is -0.126. The second-order valence-electron chi connectivity index (χ2n) is 7.17. The van der Waals surface area contributed by atoms with E-state index in [-0.39, 0.29) is 16.7 Å². The van der Waals surface area contributed by atoms with E-state index >= 15 is 0 Å². The maximum atomic E-state index is 12.8. The topological polar surface area (TPSA) is 99.5 Å². The third-order valence-corrected chi connectivity index (χ3v) is 7.24. The first kappa shape index (κ1) is 21.8. The zero-order valence-corrected chi connectivity index (χ0v) is 17.7. The maximum Gasteiger partial charge on any atom is 0.243 e. The molecule has 158 valence electrons. The molecule has 2 aromatic rings. The Labute approximate surface area is 177 Å². The number of nitrogens with one attached hydrogen (secondary N) is 1. The molecule has 1 fully saturated rings. The molecule has 0 spiro atoms. The van der Waals surface area contributed by atoms with Crippen LogP contribution in [0.2, 0.25) is 0 Å². The fourth-order valence-electron chi connectivity index (χ4n) is 3.58.